The van der Waals surface area contributed by atoms with E-state index in [9.17, 15) is 4.79 Å². The Morgan fingerprint density at radius 2 is 2.26 bits per heavy atom. The van der Waals surface area contributed by atoms with E-state index >= 15 is 0 Å². The molecule has 4 heteroatoms. The molecule has 1 rings (SSSR count). The summed E-state index contributed by atoms with van der Waals surface area (Å²) in [6.45, 7) is 4.94. The van der Waals surface area contributed by atoms with Gasteiger partial charge in [0.15, 0.2) is 0 Å². The quantitative estimate of drug-likeness (QED) is 0.731. The van der Waals surface area contributed by atoms with Crippen LogP contribution < -0.4 is 11.1 Å². The fraction of sp³-hybridized carbons (Fsp3) is 0.667. The molecule has 1 heterocycles. The summed E-state index contributed by atoms with van der Waals surface area (Å²) < 4.78 is 0. The van der Waals surface area contributed by atoms with Gasteiger partial charge in [-0.1, -0.05) is 13.3 Å². The second-order valence-electron chi connectivity index (χ2n) is 5.19. The Labute approximate surface area is 120 Å². The van der Waals surface area contributed by atoms with E-state index < -0.39 is 0 Å². The maximum Gasteiger partial charge on any atom is 0.220 e. The molecule has 0 aliphatic heterocycles. The third-order valence-corrected chi connectivity index (χ3v) is 4.19. The third-order valence-electron chi connectivity index (χ3n) is 3.46. The number of hydrogen-bond donors (Lipinski definition) is 2. The van der Waals surface area contributed by atoms with E-state index in [4.69, 9.17) is 5.73 Å². The van der Waals surface area contributed by atoms with Crippen LogP contribution in [0, 0.1) is 5.92 Å². The summed E-state index contributed by atoms with van der Waals surface area (Å²) in [6.07, 6.45) is 4.61. The fourth-order valence-corrected chi connectivity index (χ4v) is 2.97. The van der Waals surface area contributed by atoms with Crippen molar-refractivity contribution in [1.82, 2.24) is 5.32 Å². The van der Waals surface area contributed by atoms with Crippen LogP contribution in [0.2, 0.25) is 0 Å². The summed E-state index contributed by atoms with van der Waals surface area (Å²) in [4.78, 5) is 11.9. The van der Waals surface area contributed by atoms with E-state index in [1.54, 1.807) is 11.3 Å². The van der Waals surface area contributed by atoms with Gasteiger partial charge in [-0.2, -0.15) is 11.3 Å². The number of nitrogens with two attached hydrogens (primary N) is 1. The first-order chi connectivity index (χ1) is 9.15. The first-order valence-electron chi connectivity index (χ1n) is 7.16. The molecule has 0 aromatic carbocycles. The summed E-state index contributed by atoms with van der Waals surface area (Å²) in [5.41, 5.74) is 6.87. The molecular weight excluding hydrogens is 256 g/mol. The lowest BCUT2D eigenvalue weighted by atomic mass is 9.96. The molecule has 0 saturated heterocycles. The standard InChI is InChI=1S/C15H26N2OS/c1-3-13(6-8-16)4-5-15(18)17-12(2)10-14-7-9-19-11-14/h7,9,11-13H,3-6,8,10,16H2,1-2H3,(H,17,18). The van der Waals surface area contributed by atoms with Crippen molar-refractivity contribution in [3.63, 3.8) is 0 Å². The van der Waals surface area contributed by atoms with Crippen LogP contribution in [0.25, 0.3) is 0 Å². The van der Waals surface area contributed by atoms with Crippen LogP contribution in [-0.2, 0) is 11.2 Å². The van der Waals surface area contributed by atoms with Gasteiger partial charge in [-0.25, -0.2) is 0 Å². The van der Waals surface area contributed by atoms with Gasteiger partial charge in [-0.05, 0) is 61.0 Å². The van der Waals surface area contributed by atoms with Crippen LogP contribution in [0.1, 0.15) is 45.1 Å². The Hall–Kier alpha value is -0.870. The number of rotatable bonds is 9. The SMILES string of the molecule is CCC(CCN)CCC(=O)NC(C)Cc1ccsc1. The Bertz CT molecular complexity index is 351. The number of carbonyl (C=O) groups excluding carboxylic acids is 1. The zero-order valence-electron chi connectivity index (χ0n) is 12.0. The Morgan fingerprint density at radius 3 is 2.84 bits per heavy atom. The monoisotopic (exact) mass is 282 g/mol. The van der Waals surface area contributed by atoms with Crippen molar-refractivity contribution in [3.05, 3.63) is 22.4 Å². The van der Waals surface area contributed by atoms with Gasteiger partial charge in [0.2, 0.25) is 5.91 Å². The minimum absolute atomic E-state index is 0.165. The van der Waals surface area contributed by atoms with Crippen molar-refractivity contribution in [3.8, 4) is 0 Å². The van der Waals surface area contributed by atoms with Gasteiger partial charge in [-0.15, -0.1) is 0 Å². The smallest absolute Gasteiger partial charge is 0.220 e. The van der Waals surface area contributed by atoms with Gasteiger partial charge in [-0.3, -0.25) is 4.79 Å². The van der Waals surface area contributed by atoms with E-state index in [1.165, 1.54) is 5.56 Å². The van der Waals surface area contributed by atoms with Gasteiger partial charge in [0.1, 0.15) is 0 Å². The molecule has 0 spiro atoms. The Morgan fingerprint density at radius 1 is 1.47 bits per heavy atom. The van der Waals surface area contributed by atoms with E-state index in [2.05, 4.69) is 36.0 Å². The number of nitrogens with one attached hydrogen (secondary N) is 1. The molecule has 3 N–H and O–H groups in total. The Kier molecular flexibility index (Phi) is 7.75. The van der Waals surface area contributed by atoms with Gasteiger partial charge in [0.05, 0.1) is 0 Å². The van der Waals surface area contributed by atoms with Crippen LogP contribution in [-0.4, -0.2) is 18.5 Å². The lowest BCUT2D eigenvalue weighted by molar-refractivity contribution is -0.122. The van der Waals surface area contributed by atoms with Gasteiger partial charge in [0, 0.05) is 12.5 Å². The minimum Gasteiger partial charge on any atom is -0.353 e. The average molecular weight is 282 g/mol. The van der Waals surface area contributed by atoms with E-state index in [1.807, 2.05) is 0 Å². The van der Waals surface area contributed by atoms with Crippen LogP contribution in [0.15, 0.2) is 16.8 Å². The highest BCUT2D eigenvalue weighted by Crippen LogP contribution is 2.14. The third kappa shape index (κ3) is 6.73. The molecule has 1 aromatic heterocycles. The topological polar surface area (TPSA) is 55.1 Å². The first-order valence-corrected chi connectivity index (χ1v) is 8.10. The molecule has 0 radical (unpaired) electrons. The summed E-state index contributed by atoms with van der Waals surface area (Å²) in [6, 6.07) is 2.32. The van der Waals surface area contributed by atoms with Crippen molar-refractivity contribution in [2.45, 2.75) is 52.0 Å². The Balaban J connectivity index is 2.22. The van der Waals surface area contributed by atoms with E-state index in [0.29, 0.717) is 18.9 Å². The summed E-state index contributed by atoms with van der Waals surface area (Å²) in [7, 11) is 0. The van der Waals surface area contributed by atoms with Crippen molar-refractivity contribution in [2.24, 2.45) is 11.7 Å². The maximum absolute atomic E-state index is 11.9. The van der Waals surface area contributed by atoms with Crippen LogP contribution in [0.5, 0.6) is 0 Å². The maximum atomic E-state index is 11.9. The average Bonchev–Trinajstić information content (AvgIpc) is 2.86. The molecule has 0 aliphatic rings. The molecule has 1 aromatic rings. The molecule has 2 unspecified atom stereocenters. The van der Waals surface area contributed by atoms with Gasteiger partial charge >= 0.3 is 0 Å². The van der Waals surface area contributed by atoms with Crippen molar-refractivity contribution >= 4 is 17.2 Å². The van der Waals surface area contributed by atoms with Gasteiger partial charge < -0.3 is 11.1 Å². The van der Waals surface area contributed by atoms with Crippen molar-refractivity contribution in [2.75, 3.05) is 6.54 Å². The lowest BCUT2D eigenvalue weighted by Crippen LogP contribution is -2.34. The van der Waals surface area contributed by atoms with Crippen LogP contribution in [0.4, 0.5) is 0 Å². The summed E-state index contributed by atoms with van der Waals surface area (Å²) >= 11 is 1.70. The predicted octanol–water partition coefficient (Wildman–Crippen LogP) is 2.95. The molecule has 19 heavy (non-hydrogen) atoms. The normalized spacial score (nSPS) is 14.1. The fourth-order valence-electron chi connectivity index (χ4n) is 2.28. The van der Waals surface area contributed by atoms with Crippen molar-refractivity contribution in [1.29, 1.82) is 0 Å². The van der Waals surface area contributed by atoms with Crippen molar-refractivity contribution < 1.29 is 4.79 Å². The second kappa shape index (κ2) is 9.10. The van der Waals surface area contributed by atoms with E-state index in [-0.39, 0.29) is 11.9 Å². The molecule has 0 fully saturated rings. The molecule has 0 saturated carbocycles. The lowest BCUT2D eigenvalue weighted by Gasteiger charge is -2.16. The second-order valence-corrected chi connectivity index (χ2v) is 5.97. The molecule has 2 atom stereocenters. The number of hydrogen-bond acceptors (Lipinski definition) is 3. The highest BCUT2D eigenvalue weighted by atomic mass is 32.1. The van der Waals surface area contributed by atoms with E-state index in [0.717, 1.165) is 25.7 Å². The number of amides is 1. The summed E-state index contributed by atoms with van der Waals surface area (Å²) in [5.74, 6) is 0.751. The molecule has 108 valence electrons. The molecule has 0 aliphatic carbocycles. The number of thiophene rings is 1. The zero-order chi connectivity index (χ0) is 14.1. The highest BCUT2D eigenvalue weighted by Gasteiger charge is 2.11. The predicted molar refractivity (Wildman–Crippen MR) is 82.3 cm³/mol. The highest BCUT2D eigenvalue weighted by molar-refractivity contribution is 7.07. The largest absolute Gasteiger partial charge is 0.353 e. The molecular formula is C15H26N2OS. The zero-order valence-corrected chi connectivity index (χ0v) is 12.8. The van der Waals surface area contributed by atoms with Crippen LogP contribution >= 0.6 is 11.3 Å². The molecule has 3 nitrogen and oxygen atoms in total. The first kappa shape index (κ1) is 16.2. The molecule has 0 bridgehead atoms. The minimum atomic E-state index is 0.165. The number of carbonyl (C=O) groups is 1. The van der Waals surface area contributed by atoms with Crippen LogP contribution in [0.3, 0.4) is 0 Å². The molecule has 1 amide bonds. The summed E-state index contributed by atoms with van der Waals surface area (Å²) in [5, 5.41) is 7.28. The van der Waals surface area contributed by atoms with Gasteiger partial charge in [0.25, 0.3) is 0 Å².